The van der Waals surface area contributed by atoms with Crippen molar-refractivity contribution in [2.75, 3.05) is 32.3 Å². The van der Waals surface area contributed by atoms with Gasteiger partial charge < -0.3 is 10.1 Å². The van der Waals surface area contributed by atoms with Crippen LogP contribution in [0.1, 0.15) is 17.4 Å². The van der Waals surface area contributed by atoms with Crippen molar-refractivity contribution in [3.63, 3.8) is 0 Å². The number of hydrogen-bond acceptors (Lipinski definition) is 6. The van der Waals surface area contributed by atoms with Crippen molar-refractivity contribution < 1.29 is 22.3 Å². The maximum absolute atomic E-state index is 13.4. The molecule has 170 valence electrons. The van der Waals surface area contributed by atoms with E-state index in [1.807, 2.05) is 6.26 Å². The predicted molar refractivity (Wildman–Crippen MR) is 122 cm³/mol. The highest BCUT2D eigenvalue weighted by Crippen LogP contribution is 2.30. The number of sulfonamides is 1. The molecule has 0 aliphatic heterocycles. The quantitative estimate of drug-likeness (QED) is 0.497. The summed E-state index contributed by atoms with van der Waals surface area (Å²) in [4.78, 5) is 17.3. The van der Waals surface area contributed by atoms with Crippen molar-refractivity contribution in [1.82, 2.24) is 13.9 Å². The van der Waals surface area contributed by atoms with Gasteiger partial charge in [-0.15, -0.1) is 0 Å². The molecule has 3 rings (SSSR count). The average Bonchev–Trinajstić information content (AvgIpc) is 3.19. The van der Waals surface area contributed by atoms with Gasteiger partial charge in [-0.2, -0.15) is 0 Å². The van der Waals surface area contributed by atoms with Gasteiger partial charge in [-0.1, -0.05) is 11.8 Å². The number of imidazole rings is 1. The number of thioether (sulfide) groups is 1. The summed E-state index contributed by atoms with van der Waals surface area (Å²) in [6, 6.07) is 10.1. The zero-order valence-corrected chi connectivity index (χ0v) is 19.6. The van der Waals surface area contributed by atoms with Crippen molar-refractivity contribution in [2.45, 2.75) is 17.0 Å². The molecule has 0 bridgehead atoms. The molecule has 0 aliphatic rings. The Morgan fingerprint density at radius 2 is 1.91 bits per heavy atom. The highest BCUT2D eigenvalue weighted by atomic mass is 32.2. The van der Waals surface area contributed by atoms with Crippen LogP contribution in [0.5, 0.6) is 5.75 Å². The minimum Gasteiger partial charge on any atom is -0.492 e. The van der Waals surface area contributed by atoms with Crippen molar-refractivity contribution in [3.05, 3.63) is 60.2 Å². The lowest BCUT2D eigenvalue weighted by Crippen LogP contribution is -2.23. The molecule has 8 nitrogen and oxygen atoms in total. The first kappa shape index (κ1) is 23.8. The van der Waals surface area contributed by atoms with Gasteiger partial charge in [-0.25, -0.2) is 22.1 Å². The molecule has 0 saturated carbocycles. The summed E-state index contributed by atoms with van der Waals surface area (Å²) in [6.45, 7) is 2.04. The Hall–Kier alpha value is -2.89. The largest absolute Gasteiger partial charge is 0.492 e. The first-order valence-electron chi connectivity index (χ1n) is 9.57. The number of hydrogen-bond donors (Lipinski definition) is 1. The van der Waals surface area contributed by atoms with E-state index in [-0.39, 0.29) is 28.6 Å². The van der Waals surface area contributed by atoms with Crippen molar-refractivity contribution in [2.24, 2.45) is 0 Å². The first-order chi connectivity index (χ1) is 15.2. The number of amides is 1. The van der Waals surface area contributed by atoms with Crippen LogP contribution in [-0.4, -0.2) is 55.1 Å². The van der Waals surface area contributed by atoms with E-state index >= 15 is 0 Å². The molecule has 1 aromatic heterocycles. The number of aromatic nitrogens is 2. The Morgan fingerprint density at radius 3 is 2.50 bits per heavy atom. The zero-order chi connectivity index (χ0) is 23.5. The maximum Gasteiger partial charge on any atom is 0.274 e. The van der Waals surface area contributed by atoms with Crippen LogP contribution in [0.4, 0.5) is 10.1 Å². The Kier molecular flexibility index (Phi) is 7.22. The fourth-order valence-corrected chi connectivity index (χ4v) is 4.53. The van der Waals surface area contributed by atoms with Crippen molar-refractivity contribution in [1.29, 1.82) is 0 Å². The standard InChI is InChI=1S/C21H23FN4O4S2/c1-5-30-18-11-8-15(12-19(18)32(28,29)25(2)3)24-20(27)17-13-23-21(31-4)26(17)16-9-6-14(22)7-10-16/h6-13H,5H2,1-4H3,(H,24,27). The van der Waals surface area contributed by atoms with Gasteiger partial charge in [0.25, 0.3) is 5.91 Å². The Morgan fingerprint density at radius 1 is 1.22 bits per heavy atom. The predicted octanol–water partition coefficient (Wildman–Crippen LogP) is 3.63. The van der Waals surface area contributed by atoms with Crippen LogP contribution >= 0.6 is 11.8 Å². The summed E-state index contributed by atoms with van der Waals surface area (Å²) in [6.07, 6.45) is 3.23. The third-order valence-corrected chi connectivity index (χ3v) is 6.98. The van der Waals surface area contributed by atoms with Gasteiger partial charge in [0.2, 0.25) is 10.0 Å². The van der Waals surface area contributed by atoms with Crippen LogP contribution in [0.2, 0.25) is 0 Å². The highest BCUT2D eigenvalue weighted by molar-refractivity contribution is 7.98. The van der Waals surface area contributed by atoms with Crippen LogP contribution in [-0.2, 0) is 10.0 Å². The van der Waals surface area contributed by atoms with Crippen LogP contribution in [0, 0.1) is 5.82 Å². The van der Waals surface area contributed by atoms with E-state index in [9.17, 15) is 17.6 Å². The smallest absolute Gasteiger partial charge is 0.274 e. The monoisotopic (exact) mass is 478 g/mol. The second-order valence-electron chi connectivity index (χ2n) is 6.78. The zero-order valence-electron chi connectivity index (χ0n) is 18.0. The second-order valence-corrected chi connectivity index (χ2v) is 9.67. The number of halogens is 1. The third-order valence-electron chi connectivity index (χ3n) is 4.49. The number of nitrogens with zero attached hydrogens (tertiary/aromatic N) is 3. The molecule has 0 unspecified atom stereocenters. The van der Waals surface area contributed by atoms with E-state index in [1.165, 1.54) is 56.3 Å². The number of anilines is 1. The number of rotatable bonds is 8. The molecular weight excluding hydrogens is 455 g/mol. The third kappa shape index (κ3) is 4.79. The normalized spacial score (nSPS) is 11.6. The minimum atomic E-state index is -3.81. The van der Waals surface area contributed by atoms with Crippen LogP contribution in [0.15, 0.2) is 58.7 Å². The van der Waals surface area contributed by atoms with Gasteiger partial charge >= 0.3 is 0 Å². The van der Waals surface area contributed by atoms with E-state index in [0.29, 0.717) is 10.8 Å². The Balaban J connectivity index is 2.00. The van der Waals surface area contributed by atoms with E-state index in [1.54, 1.807) is 29.7 Å². The van der Waals surface area contributed by atoms with E-state index in [2.05, 4.69) is 10.3 Å². The minimum absolute atomic E-state index is 0.0565. The number of nitrogens with one attached hydrogen (secondary N) is 1. The van der Waals surface area contributed by atoms with Crippen molar-refractivity contribution >= 4 is 33.4 Å². The van der Waals surface area contributed by atoms with Gasteiger partial charge in [0.1, 0.15) is 22.2 Å². The molecule has 0 atom stereocenters. The van der Waals surface area contributed by atoms with Gasteiger partial charge in [-0.05, 0) is 55.6 Å². The molecule has 32 heavy (non-hydrogen) atoms. The highest BCUT2D eigenvalue weighted by Gasteiger charge is 2.24. The summed E-state index contributed by atoms with van der Waals surface area (Å²) < 4.78 is 47.0. The topological polar surface area (TPSA) is 93.5 Å². The SMILES string of the molecule is CCOc1ccc(NC(=O)c2cnc(SC)n2-c2ccc(F)cc2)cc1S(=O)(=O)N(C)C. The fourth-order valence-electron chi connectivity index (χ4n) is 2.93. The lowest BCUT2D eigenvalue weighted by molar-refractivity contribution is 0.102. The van der Waals surface area contributed by atoms with Gasteiger partial charge in [-0.3, -0.25) is 9.36 Å². The fraction of sp³-hybridized carbons (Fsp3) is 0.238. The lowest BCUT2D eigenvalue weighted by atomic mass is 10.2. The second kappa shape index (κ2) is 9.72. The molecular formula is C21H23FN4O4S2. The Labute approximate surface area is 190 Å². The van der Waals surface area contributed by atoms with E-state index in [4.69, 9.17) is 4.74 Å². The first-order valence-corrected chi connectivity index (χ1v) is 12.2. The molecule has 0 spiro atoms. The van der Waals surface area contributed by atoms with Gasteiger partial charge in [0.15, 0.2) is 5.16 Å². The number of carbonyl (C=O) groups excluding carboxylic acids is 1. The lowest BCUT2D eigenvalue weighted by Gasteiger charge is -2.17. The number of benzene rings is 2. The molecule has 2 aromatic carbocycles. The molecule has 0 fully saturated rings. The molecule has 1 N–H and O–H groups in total. The molecule has 0 aliphatic carbocycles. The maximum atomic E-state index is 13.4. The summed E-state index contributed by atoms with van der Waals surface area (Å²) in [5.41, 5.74) is 1.06. The van der Waals surface area contributed by atoms with Crippen molar-refractivity contribution in [3.8, 4) is 11.4 Å². The van der Waals surface area contributed by atoms with E-state index in [0.717, 1.165) is 4.31 Å². The molecule has 0 saturated heterocycles. The number of carbonyl (C=O) groups is 1. The molecule has 11 heteroatoms. The van der Waals surface area contributed by atoms with Crippen LogP contribution in [0.25, 0.3) is 5.69 Å². The van der Waals surface area contributed by atoms with Gasteiger partial charge in [0.05, 0.1) is 12.8 Å². The summed E-state index contributed by atoms with van der Waals surface area (Å²) in [5, 5.41) is 3.26. The molecule has 3 aromatic rings. The summed E-state index contributed by atoms with van der Waals surface area (Å²) >= 11 is 1.33. The summed E-state index contributed by atoms with van der Waals surface area (Å²) in [7, 11) is -0.971. The molecule has 1 heterocycles. The summed E-state index contributed by atoms with van der Waals surface area (Å²) in [5.74, 6) is -0.700. The van der Waals surface area contributed by atoms with Gasteiger partial charge in [0, 0.05) is 25.5 Å². The molecule has 1 amide bonds. The Bertz CT molecular complexity index is 1230. The van der Waals surface area contributed by atoms with Crippen LogP contribution < -0.4 is 10.1 Å². The van der Waals surface area contributed by atoms with Crippen LogP contribution in [0.3, 0.4) is 0 Å². The van der Waals surface area contributed by atoms with E-state index < -0.39 is 21.7 Å². The average molecular weight is 479 g/mol. The number of ether oxygens (including phenoxy) is 1. The molecule has 0 radical (unpaired) electrons.